The zero-order valence-electron chi connectivity index (χ0n) is 11.7. The van der Waals surface area contributed by atoms with E-state index in [1.807, 2.05) is 0 Å². The van der Waals surface area contributed by atoms with Gasteiger partial charge in [-0.25, -0.2) is 13.1 Å². The summed E-state index contributed by atoms with van der Waals surface area (Å²) in [7, 11) is -4.29. The van der Waals surface area contributed by atoms with Crippen LogP contribution in [0.5, 0.6) is 0 Å². The fraction of sp³-hybridized carbons (Fsp3) is 0.538. The molecular formula is C13H16ClF3N2O2S. The van der Waals surface area contributed by atoms with Crippen molar-refractivity contribution in [1.82, 2.24) is 10.0 Å². The van der Waals surface area contributed by atoms with Gasteiger partial charge in [-0.2, -0.15) is 13.2 Å². The Labute approximate surface area is 132 Å². The number of hydrogen-bond acceptors (Lipinski definition) is 3. The summed E-state index contributed by atoms with van der Waals surface area (Å²) in [6, 6.07) is 2.04. The molecule has 2 rings (SSSR count). The summed E-state index contributed by atoms with van der Waals surface area (Å²) in [5.41, 5.74) is -1.26. The predicted octanol–water partition coefficient (Wildman–Crippen LogP) is 2.78. The van der Waals surface area contributed by atoms with Crippen molar-refractivity contribution >= 4 is 21.6 Å². The molecule has 1 aliphatic rings. The predicted molar refractivity (Wildman–Crippen MR) is 77.3 cm³/mol. The number of benzene rings is 1. The van der Waals surface area contributed by atoms with Gasteiger partial charge >= 0.3 is 6.18 Å². The number of alkyl halides is 3. The van der Waals surface area contributed by atoms with Crippen LogP contribution in [0.25, 0.3) is 0 Å². The maximum atomic E-state index is 13.1. The maximum absolute atomic E-state index is 13.1. The normalized spacial score (nSPS) is 23.5. The quantitative estimate of drug-likeness (QED) is 0.875. The van der Waals surface area contributed by atoms with Crippen LogP contribution in [0.15, 0.2) is 23.1 Å². The van der Waals surface area contributed by atoms with Crippen LogP contribution in [0.4, 0.5) is 13.2 Å². The number of piperidine rings is 1. The second kappa shape index (κ2) is 6.35. The summed E-state index contributed by atoms with van der Waals surface area (Å²) in [5.74, 6) is 0. The van der Waals surface area contributed by atoms with E-state index in [1.54, 1.807) is 6.92 Å². The second-order valence-electron chi connectivity index (χ2n) is 5.25. The molecule has 0 amide bonds. The fourth-order valence-corrected chi connectivity index (χ4v) is 4.16. The molecule has 1 aliphatic heterocycles. The summed E-state index contributed by atoms with van der Waals surface area (Å²) in [6.07, 6.45) is -3.47. The molecule has 0 aliphatic carbocycles. The van der Waals surface area contributed by atoms with Crippen molar-refractivity contribution in [1.29, 1.82) is 0 Å². The van der Waals surface area contributed by atoms with Crippen LogP contribution >= 0.6 is 11.6 Å². The molecule has 2 N–H and O–H groups in total. The van der Waals surface area contributed by atoms with Crippen LogP contribution in [0.1, 0.15) is 25.3 Å². The molecule has 22 heavy (non-hydrogen) atoms. The Balaban J connectivity index is 2.37. The minimum Gasteiger partial charge on any atom is -0.313 e. The van der Waals surface area contributed by atoms with E-state index in [1.165, 1.54) is 0 Å². The number of hydrogen-bond donors (Lipinski definition) is 2. The molecule has 0 bridgehead atoms. The standard InChI is InChI=1S/C13H16ClF3N2O2S/c1-8-11(3-2-6-18-8)19-22(20,21)12-5-4-9(14)7-10(12)13(15,16)17/h4-5,7-8,11,18-19H,2-3,6H2,1H3. The molecule has 2 unspecified atom stereocenters. The Morgan fingerprint density at radius 3 is 2.64 bits per heavy atom. The van der Waals surface area contributed by atoms with Crippen molar-refractivity contribution in [3.63, 3.8) is 0 Å². The van der Waals surface area contributed by atoms with Gasteiger partial charge in [0.1, 0.15) is 0 Å². The molecule has 0 saturated carbocycles. The average molecular weight is 357 g/mol. The molecule has 1 saturated heterocycles. The van der Waals surface area contributed by atoms with Gasteiger partial charge in [0.05, 0.1) is 10.5 Å². The molecule has 2 atom stereocenters. The first-order chi connectivity index (χ1) is 10.1. The van der Waals surface area contributed by atoms with Gasteiger partial charge in [0.2, 0.25) is 10.0 Å². The van der Waals surface area contributed by atoms with Gasteiger partial charge < -0.3 is 5.32 Å². The highest BCUT2D eigenvalue weighted by molar-refractivity contribution is 7.89. The van der Waals surface area contributed by atoms with Crippen LogP contribution in [-0.4, -0.2) is 27.0 Å². The summed E-state index contributed by atoms with van der Waals surface area (Å²) in [4.78, 5) is -0.804. The van der Waals surface area contributed by atoms with Gasteiger partial charge in [-0.15, -0.1) is 0 Å². The van der Waals surface area contributed by atoms with Crippen molar-refractivity contribution in [2.45, 2.75) is 42.9 Å². The van der Waals surface area contributed by atoms with Gasteiger partial charge in [0.25, 0.3) is 0 Å². The first-order valence-corrected chi connectivity index (χ1v) is 8.60. The van der Waals surface area contributed by atoms with Gasteiger partial charge in [0, 0.05) is 17.1 Å². The molecule has 1 aromatic rings. The minimum atomic E-state index is -4.80. The lowest BCUT2D eigenvalue weighted by Gasteiger charge is -2.30. The molecule has 9 heteroatoms. The third-order valence-electron chi connectivity index (χ3n) is 3.60. The van der Waals surface area contributed by atoms with Crippen LogP contribution in [-0.2, 0) is 16.2 Å². The highest BCUT2D eigenvalue weighted by atomic mass is 35.5. The Hall–Kier alpha value is -0.830. The van der Waals surface area contributed by atoms with E-state index >= 15 is 0 Å². The SMILES string of the molecule is CC1NCCCC1NS(=O)(=O)c1ccc(Cl)cc1C(F)(F)F. The third kappa shape index (κ3) is 3.92. The molecule has 4 nitrogen and oxygen atoms in total. The first kappa shape index (κ1) is 17.5. The minimum absolute atomic E-state index is 0.148. The van der Waals surface area contributed by atoms with E-state index in [0.29, 0.717) is 12.5 Å². The molecule has 1 aromatic carbocycles. The van der Waals surface area contributed by atoms with Crippen molar-refractivity contribution in [2.75, 3.05) is 6.54 Å². The van der Waals surface area contributed by atoms with Crippen molar-refractivity contribution < 1.29 is 21.6 Å². The number of nitrogens with one attached hydrogen (secondary N) is 2. The number of rotatable bonds is 3. The van der Waals surface area contributed by atoms with Crippen molar-refractivity contribution in [3.8, 4) is 0 Å². The Bertz CT molecular complexity index is 649. The third-order valence-corrected chi connectivity index (χ3v) is 5.39. The summed E-state index contributed by atoms with van der Waals surface area (Å²) in [5, 5.41) is 2.92. The van der Waals surface area contributed by atoms with Gasteiger partial charge in [-0.05, 0) is 44.5 Å². The molecule has 0 aromatic heterocycles. The Morgan fingerprint density at radius 1 is 1.36 bits per heavy atom. The maximum Gasteiger partial charge on any atom is 0.417 e. The molecule has 0 radical (unpaired) electrons. The summed E-state index contributed by atoms with van der Waals surface area (Å²) >= 11 is 5.56. The largest absolute Gasteiger partial charge is 0.417 e. The lowest BCUT2D eigenvalue weighted by atomic mass is 10.0. The van der Waals surface area contributed by atoms with E-state index in [4.69, 9.17) is 11.6 Å². The first-order valence-electron chi connectivity index (χ1n) is 6.74. The van der Waals surface area contributed by atoms with Gasteiger partial charge in [-0.1, -0.05) is 11.6 Å². The van der Waals surface area contributed by atoms with E-state index < -0.39 is 32.7 Å². The van der Waals surface area contributed by atoms with Crippen LogP contribution in [0.3, 0.4) is 0 Å². The lowest BCUT2D eigenvalue weighted by Crippen LogP contribution is -2.51. The van der Waals surface area contributed by atoms with Crippen molar-refractivity contribution in [2.24, 2.45) is 0 Å². The van der Waals surface area contributed by atoms with Gasteiger partial charge in [0.15, 0.2) is 0 Å². The van der Waals surface area contributed by atoms with Crippen molar-refractivity contribution in [3.05, 3.63) is 28.8 Å². The molecule has 0 spiro atoms. The smallest absolute Gasteiger partial charge is 0.313 e. The molecular weight excluding hydrogens is 341 g/mol. The molecule has 124 valence electrons. The number of sulfonamides is 1. The molecule has 1 fully saturated rings. The van der Waals surface area contributed by atoms with E-state index in [-0.39, 0.29) is 11.1 Å². The monoisotopic (exact) mass is 356 g/mol. The van der Waals surface area contributed by atoms with Crippen LogP contribution < -0.4 is 10.0 Å². The zero-order valence-corrected chi connectivity index (χ0v) is 13.3. The lowest BCUT2D eigenvalue weighted by molar-refractivity contribution is -0.139. The van der Waals surface area contributed by atoms with E-state index in [2.05, 4.69) is 10.0 Å². The summed E-state index contributed by atoms with van der Waals surface area (Å²) < 4.78 is 66.2. The fourth-order valence-electron chi connectivity index (χ4n) is 2.43. The Morgan fingerprint density at radius 2 is 2.05 bits per heavy atom. The summed E-state index contributed by atoms with van der Waals surface area (Å²) in [6.45, 7) is 2.55. The van der Waals surface area contributed by atoms with Crippen LogP contribution in [0.2, 0.25) is 5.02 Å². The number of halogens is 4. The van der Waals surface area contributed by atoms with Crippen LogP contribution in [0, 0.1) is 0 Å². The topological polar surface area (TPSA) is 58.2 Å². The average Bonchev–Trinajstić information content (AvgIpc) is 2.40. The van der Waals surface area contributed by atoms with E-state index in [0.717, 1.165) is 25.1 Å². The Kier molecular flexibility index (Phi) is 5.06. The highest BCUT2D eigenvalue weighted by Gasteiger charge is 2.38. The van der Waals surface area contributed by atoms with E-state index in [9.17, 15) is 21.6 Å². The second-order valence-corrected chi connectivity index (χ2v) is 7.37. The zero-order chi connectivity index (χ0) is 16.5. The van der Waals surface area contributed by atoms with Gasteiger partial charge in [-0.3, -0.25) is 0 Å². The highest BCUT2D eigenvalue weighted by Crippen LogP contribution is 2.36. The molecule has 1 heterocycles.